The van der Waals surface area contributed by atoms with Crippen LogP contribution in [0, 0.1) is 12.8 Å². The minimum absolute atomic E-state index is 0.0462. The maximum atomic E-state index is 13.1. The molecule has 1 amide bonds. The summed E-state index contributed by atoms with van der Waals surface area (Å²) in [6.07, 6.45) is 1.76. The van der Waals surface area contributed by atoms with Crippen molar-refractivity contribution in [2.45, 2.75) is 19.9 Å². The monoisotopic (exact) mass is 397 g/mol. The number of methoxy groups -OCH3 is 1. The zero-order valence-corrected chi connectivity index (χ0v) is 17.0. The van der Waals surface area contributed by atoms with Gasteiger partial charge in [0, 0.05) is 37.2 Å². The van der Waals surface area contributed by atoms with E-state index in [-0.39, 0.29) is 11.9 Å². The predicted octanol–water partition coefficient (Wildman–Crippen LogP) is 3.29. The van der Waals surface area contributed by atoms with Crippen LogP contribution in [0.2, 0.25) is 0 Å². The van der Waals surface area contributed by atoms with Gasteiger partial charge in [0.1, 0.15) is 0 Å². The first kappa shape index (κ1) is 18.8. The molecule has 0 bridgehead atoms. The number of pyridine rings is 1. The first-order chi connectivity index (χ1) is 13.5. The molecule has 0 aliphatic carbocycles. The number of amides is 1. The van der Waals surface area contributed by atoms with Crippen LogP contribution >= 0.6 is 11.3 Å². The molecule has 1 unspecified atom stereocenters. The lowest BCUT2D eigenvalue weighted by molar-refractivity contribution is 0.0267. The molecule has 4 heterocycles. The Morgan fingerprint density at radius 3 is 2.93 bits per heavy atom. The van der Waals surface area contributed by atoms with Crippen LogP contribution in [-0.2, 0) is 4.74 Å². The number of anilines is 1. The fourth-order valence-corrected chi connectivity index (χ4v) is 4.32. The van der Waals surface area contributed by atoms with Crippen molar-refractivity contribution in [3.8, 4) is 0 Å². The van der Waals surface area contributed by atoms with E-state index in [9.17, 15) is 4.79 Å². The van der Waals surface area contributed by atoms with Gasteiger partial charge in [0.05, 0.1) is 28.6 Å². The van der Waals surface area contributed by atoms with Crippen molar-refractivity contribution in [1.82, 2.24) is 19.9 Å². The summed E-state index contributed by atoms with van der Waals surface area (Å²) in [6.45, 7) is 6.10. The normalized spacial score (nSPS) is 15.5. The van der Waals surface area contributed by atoms with E-state index in [1.807, 2.05) is 43.0 Å². The third kappa shape index (κ3) is 3.70. The molecule has 0 radical (unpaired) electrons. The summed E-state index contributed by atoms with van der Waals surface area (Å²) in [7, 11) is 1.69. The summed E-state index contributed by atoms with van der Waals surface area (Å²) < 4.78 is 6.02. The van der Waals surface area contributed by atoms with Gasteiger partial charge in [0.2, 0.25) is 5.95 Å². The SMILES string of the molecule is COCC1CN(C(=O)c2nc(NC(C)c3ccccn3)nc3cc(C)sc23)C1. The molecule has 1 N–H and O–H groups in total. The fraction of sp³-hybridized carbons (Fsp3) is 0.400. The second-order valence-corrected chi connectivity index (χ2v) is 8.38. The van der Waals surface area contributed by atoms with Crippen LogP contribution in [-0.4, -0.2) is 52.6 Å². The van der Waals surface area contributed by atoms with Crippen molar-refractivity contribution in [2.75, 3.05) is 32.1 Å². The van der Waals surface area contributed by atoms with E-state index in [2.05, 4.69) is 20.3 Å². The van der Waals surface area contributed by atoms with Crippen LogP contribution in [0.25, 0.3) is 10.2 Å². The van der Waals surface area contributed by atoms with Crippen LogP contribution < -0.4 is 5.32 Å². The summed E-state index contributed by atoms with van der Waals surface area (Å²) in [5.41, 5.74) is 2.16. The Bertz CT molecular complexity index is 985. The fourth-order valence-electron chi connectivity index (χ4n) is 3.39. The molecule has 28 heavy (non-hydrogen) atoms. The van der Waals surface area contributed by atoms with Crippen molar-refractivity contribution in [3.05, 3.63) is 46.7 Å². The number of nitrogens with zero attached hydrogens (tertiary/aromatic N) is 4. The topological polar surface area (TPSA) is 80.2 Å². The lowest BCUT2D eigenvalue weighted by Crippen LogP contribution is -2.51. The Labute approximate surface area is 167 Å². The van der Waals surface area contributed by atoms with Gasteiger partial charge in [0.25, 0.3) is 5.91 Å². The first-order valence-corrected chi connectivity index (χ1v) is 10.1. The van der Waals surface area contributed by atoms with E-state index >= 15 is 0 Å². The molecule has 1 aliphatic heterocycles. The lowest BCUT2D eigenvalue weighted by atomic mass is 10.0. The van der Waals surface area contributed by atoms with E-state index in [4.69, 9.17) is 4.74 Å². The number of rotatable bonds is 6. The van der Waals surface area contributed by atoms with Gasteiger partial charge in [-0.15, -0.1) is 11.3 Å². The standard InChI is InChI=1S/C20H23N5O2S/c1-12-8-16-18(28-12)17(19(26)25-9-14(10-25)11-27-3)24-20(23-16)22-13(2)15-6-4-5-7-21-15/h4-8,13-14H,9-11H2,1-3H3,(H,22,23,24). The largest absolute Gasteiger partial charge is 0.384 e. The first-order valence-electron chi connectivity index (χ1n) is 9.29. The molecular formula is C20H23N5O2S. The highest BCUT2D eigenvalue weighted by Gasteiger charge is 2.33. The molecule has 0 aromatic carbocycles. The number of hydrogen-bond donors (Lipinski definition) is 1. The molecule has 1 saturated heterocycles. The van der Waals surface area contributed by atoms with Crippen molar-refractivity contribution in [3.63, 3.8) is 0 Å². The highest BCUT2D eigenvalue weighted by atomic mass is 32.1. The van der Waals surface area contributed by atoms with Crippen LogP contribution in [0.5, 0.6) is 0 Å². The molecule has 3 aromatic rings. The number of ether oxygens (including phenoxy) is 1. The summed E-state index contributed by atoms with van der Waals surface area (Å²) in [5, 5.41) is 3.29. The number of carbonyl (C=O) groups is 1. The third-order valence-corrected chi connectivity index (χ3v) is 5.87. The number of aryl methyl sites for hydroxylation is 1. The Morgan fingerprint density at radius 1 is 1.39 bits per heavy atom. The minimum Gasteiger partial charge on any atom is -0.384 e. The summed E-state index contributed by atoms with van der Waals surface area (Å²) in [6, 6.07) is 7.71. The van der Waals surface area contributed by atoms with Gasteiger partial charge in [0.15, 0.2) is 5.69 Å². The smallest absolute Gasteiger partial charge is 0.274 e. The van der Waals surface area contributed by atoms with Gasteiger partial charge < -0.3 is 15.0 Å². The number of fused-ring (bicyclic) bond motifs is 1. The van der Waals surface area contributed by atoms with Crippen LogP contribution in [0.4, 0.5) is 5.95 Å². The van der Waals surface area contributed by atoms with Crippen molar-refractivity contribution < 1.29 is 9.53 Å². The number of carbonyl (C=O) groups excluding carboxylic acids is 1. The van der Waals surface area contributed by atoms with Gasteiger partial charge in [-0.1, -0.05) is 6.07 Å². The number of aromatic nitrogens is 3. The average Bonchev–Trinajstić information content (AvgIpc) is 3.04. The van der Waals surface area contributed by atoms with Gasteiger partial charge in [-0.2, -0.15) is 0 Å². The summed E-state index contributed by atoms with van der Waals surface area (Å²) in [5.74, 6) is 0.800. The van der Waals surface area contributed by atoms with Gasteiger partial charge >= 0.3 is 0 Å². The van der Waals surface area contributed by atoms with E-state index in [0.717, 1.165) is 20.8 Å². The van der Waals surface area contributed by atoms with Gasteiger partial charge in [-0.05, 0) is 32.0 Å². The molecular weight excluding hydrogens is 374 g/mol. The highest BCUT2D eigenvalue weighted by molar-refractivity contribution is 7.19. The molecule has 3 aromatic heterocycles. The molecule has 146 valence electrons. The number of nitrogens with one attached hydrogen (secondary N) is 1. The van der Waals surface area contributed by atoms with E-state index < -0.39 is 0 Å². The molecule has 0 spiro atoms. The summed E-state index contributed by atoms with van der Waals surface area (Å²) >= 11 is 1.56. The predicted molar refractivity (Wildman–Crippen MR) is 110 cm³/mol. The van der Waals surface area contributed by atoms with Gasteiger partial charge in [-0.3, -0.25) is 9.78 Å². The van der Waals surface area contributed by atoms with Crippen LogP contribution in [0.1, 0.15) is 34.0 Å². The second kappa shape index (κ2) is 7.81. The molecule has 1 fully saturated rings. The van der Waals surface area contributed by atoms with Crippen molar-refractivity contribution in [1.29, 1.82) is 0 Å². The van der Waals surface area contributed by atoms with E-state index in [0.29, 0.717) is 37.3 Å². The average molecular weight is 398 g/mol. The van der Waals surface area contributed by atoms with E-state index in [1.165, 1.54) is 0 Å². The second-order valence-electron chi connectivity index (χ2n) is 7.12. The zero-order chi connectivity index (χ0) is 19.7. The molecule has 1 aliphatic rings. The van der Waals surface area contributed by atoms with Crippen molar-refractivity contribution in [2.24, 2.45) is 5.92 Å². The van der Waals surface area contributed by atoms with Crippen LogP contribution in [0.15, 0.2) is 30.5 Å². The van der Waals surface area contributed by atoms with Gasteiger partial charge in [-0.25, -0.2) is 9.97 Å². The Kier molecular flexibility index (Phi) is 5.23. The summed E-state index contributed by atoms with van der Waals surface area (Å²) in [4.78, 5) is 29.6. The molecule has 8 heteroatoms. The number of hydrogen-bond acceptors (Lipinski definition) is 7. The highest BCUT2D eigenvalue weighted by Crippen LogP contribution is 2.30. The maximum Gasteiger partial charge on any atom is 0.274 e. The maximum absolute atomic E-state index is 13.1. The molecule has 7 nitrogen and oxygen atoms in total. The quantitative estimate of drug-likeness (QED) is 0.688. The lowest BCUT2D eigenvalue weighted by Gasteiger charge is -2.38. The number of thiophene rings is 1. The Hall–Kier alpha value is -2.58. The number of likely N-dealkylation sites (tertiary alicyclic amines) is 1. The molecule has 0 saturated carbocycles. The molecule has 1 atom stereocenters. The third-order valence-electron chi connectivity index (χ3n) is 4.82. The zero-order valence-electron chi connectivity index (χ0n) is 16.2. The van der Waals surface area contributed by atoms with Crippen LogP contribution in [0.3, 0.4) is 0 Å². The molecule has 4 rings (SSSR count). The minimum atomic E-state index is -0.0728. The Balaban J connectivity index is 1.61. The van der Waals surface area contributed by atoms with Crippen molar-refractivity contribution >= 4 is 33.4 Å². The van der Waals surface area contributed by atoms with E-state index in [1.54, 1.807) is 24.6 Å². The Morgan fingerprint density at radius 2 is 2.21 bits per heavy atom.